The number of rotatable bonds is 6. The van der Waals surface area contributed by atoms with E-state index in [0.717, 1.165) is 0 Å². The maximum atomic E-state index is 12.8. The van der Waals surface area contributed by atoms with Gasteiger partial charge in [-0.15, -0.1) is 0 Å². The number of amides is 1. The van der Waals surface area contributed by atoms with Gasteiger partial charge in [-0.25, -0.2) is 8.42 Å². The summed E-state index contributed by atoms with van der Waals surface area (Å²) in [7, 11) is -1.55. The SMILES string of the molecule is CC(Oc1ccc(C(C)(C)C)cc1)C(=O)Nc1ccc(S(=O)(=O)N2CCN(C)CC2)cc1. The predicted molar refractivity (Wildman–Crippen MR) is 127 cm³/mol. The number of sulfonamides is 1. The monoisotopic (exact) mass is 459 g/mol. The molecular formula is C24H33N3O4S. The molecule has 0 aromatic heterocycles. The lowest BCUT2D eigenvalue weighted by molar-refractivity contribution is -0.122. The molecule has 1 aliphatic rings. The highest BCUT2D eigenvalue weighted by Gasteiger charge is 2.27. The molecule has 1 atom stereocenters. The van der Waals surface area contributed by atoms with E-state index in [9.17, 15) is 13.2 Å². The van der Waals surface area contributed by atoms with Crippen LogP contribution in [0.25, 0.3) is 0 Å². The molecule has 8 heteroatoms. The van der Waals surface area contributed by atoms with Crippen molar-refractivity contribution in [1.82, 2.24) is 9.21 Å². The first-order chi connectivity index (χ1) is 15.0. The summed E-state index contributed by atoms with van der Waals surface area (Å²) < 4.78 is 32.9. The molecule has 7 nitrogen and oxygen atoms in total. The van der Waals surface area contributed by atoms with Crippen LogP contribution in [-0.2, 0) is 20.2 Å². The van der Waals surface area contributed by atoms with E-state index in [1.54, 1.807) is 19.1 Å². The zero-order chi connectivity index (χ0) is 23.5. The van der Waals surface area contributed by atoms with E-state index in [4.69, 9.17) is 4.74 Å². The van der Waals surface area contributed by atoms with Gasteiger partial charge in [0.15, 0.2) is 6.10 Å². The number of carbonyl (C=O) groups is 1. The second kappa shape index (κ2) is 9.60. The lowest BCUT2D eigenvalue weighted by Crippen LogP contribution is -2.46. The van der Waals surface area contributed by atoms with Gasteiger partial charge in [-0.05, 0) is 61.3 Å². The first-order valence-electron chi connectivity index (χ1n) is 10.8. The molecule has 1 saturated heterocycles. The Morgan fingerprint density at radius 2 is 1.53 bits per heavy atom. The maximum absolute atomic E-state index is 12.8. The van der Waals surface area contributed by atoms with Gasteiger partial charge in [0.05, 0.1) is 4.90 Å². The van der Waals surface area contributed by atoms with Crippen molar-refractivity contribution in [2.75, 3.05) is 38.5 Å². The fourth-order valence-electron chi connectivity index (χ4n) is 3.42. The van der Waals surface area contributed by atoms with Gasteiger partial charge in [0.1, 0.15) is 5.75 Å². The summed E-state index contributed by atoms with van der Waals surface area (Å²) in [6, 6.07) is 14.0. The van der Waals surface area contributed by atoms with Crippen LogP contribution in [0.1, 0.15) is 33.3 Å². The third-order valence-electron chi connectivity index (χ3n) is 5.62. The smallest absolute Gasteiger partial charge is 0.265 e. The molecule has 0 aliphatic carbocycles. The van der Waals surface area contributed by atoms with E-state index >= 15 is 0 Å². The lowest BCUT2D eigenvalue weighted by atomic mass is 9.87. The number of benzene rings is 2. The van der Waals surface area contributed by atoms with Crippen molar-refractivity contribution in [3.63, 3.8) is 0 Å². The maximum Gasteiger partial charge on any atom is 0.265 e. The first-order valence-corrected chi connectivity index (χ1v) is 12.3. The molecule has 1 aliphatic heterocycles. The van der Waals surface area contributed by atoms with Crippen LogP contribution in [0, 0.1) is 0 Å². The molecule has 1 unspecified atom stereocenters. The van der Waals surface area contributed by atoms with Gasteiger partial charge in [-0.1, -0.05) is 32.9 Å². The molecule has 0 bridgehead atoms. The number of nitrogens with one attached hydrogen (secondary N) is 1. The Morgan fingerprint density at radius 1 is 0.969 bits per heavy atom. The summed E-state index contributed by atoms with van der Waals surface area (Å²) in [5.41, 5.74) is 1.75. The van der Waals surface area contributed by atoms with Gasteiger partial charge in [-0.2, -0.15) is 4.31 Å². The molecule has 1 N–H and O–H groups in total. The van der Waals surface area contributed by atoms with Crippen LogP contribution >= 0.6 is 0 Å². The molecule has 0 saturated carbocycles. The third kappa shape index (κ3) is 5.88. The van der Waals surface area contributed by atoms with Crippen molar-refractivity contribution in [2.24, 2.45) is 0 Å². The Morgan fingerprint density at radius 3 is 2.06 bits per heavy atom. The highest BCUT2D eigenvalue weighted by atomic mass is 32.2. The number of hydrogen-bond donors (Lipinski definition) is 1. The van der Waals surface area contributed by atoms with E-state index in [-0.39, 0.29) is 16.2 Å². The van der Waals surface area contributed by atoms with Gasteiger partial charge in [0.2, 0.25) is 10.0 Å². The Bertz CT molecular complexity index is 1020. The lowest BCUT2D eigenvalue weighted by Gasteiger charge is -2.31. The fourth-order valence-corrected chi connectivity index (χ4v) is 4.84. The third-order valence-corrected chi connectivity index (χ3v) is 7.54. The van der Waals surface area contributed by atoms with Crippen molar-refractivity contribution < 1.29 is 17.9 Å². The molecule has 1 heterocycles. The van der Waals surface area contributed by atoms with E-state index in [1.165, 1.54) is 22.0 Å². The average molecular weight is 460 g/mol. The van der Waals surface area contributed by atoms with Gasteiger partial charge in [0.25, 0.3) is 5.91 Å². The van der Waals surface area contributed by atoms with Crippen LogP contribution in [0.5, 0.6) is 5.75 Å². The largest absolute Gasteiger partial charge is 0.481 e. The van der Waals surface area contributed by atoms with Crippen LogP contribution in [0.4, 0.5) is 5.69 Å². The minimum absolute atomic E-state index is 0.0471. The van der Waals surface area contributed by atoms with Gasteiger partial charge in [0, 0.05) is 31.9 Å². The topological polar surface area (TPSA) is 78.9 Å². The summed E-state index contributed by atoms with van der Waals surface area (Å²) in [5, 5.41) is 2.78. The highest BCUT2D eigenvalue weighted by Crippen LogP contribution is 2.25. The van der Waals surface area contributed by atoms with Crippen LogP contribution in [0.15, 0.2) is 53.4 Å². The second-order valence-electron chi connectivity index (χ2n) is 9.26. The van der Waals surface area contributed by atoms with Gasteiger partial charge >= 0.3 is 0 Å². The Kier molecular flexibility index (Phi) is 7.27. The standard InChI is InChI=1S/C24H33N3O4S/c1-18(31-21-10-6-19(7-11-21)24(2,3)4)23(28)25-20-8-12-22(13-9-20)32(29,30)27-16-14-26(5)15-17-27/h6-13,18H,14-17H2,1-5H3,(H,25,28). The van der Waals surface area contributed by atoms with Gasteiger partial charge in [-0.3, -0.25) is 4.79 Å². The zero-order valence-corrected chi connectivity index (χ0v) is 20.3. The number of anilines is 1. The van der Waals surface area contributed by atoms with Crippen LogP contribution < -0.4 is 10.1 Å². The summed E-state index contributed by atoms with van der Waals surface area (Å²) in [6.07, 6.45) is -0.704. The molecule has 0 radical (unpaired) electrons. The average Bonchev–Trinajstić information content (AvgIpc) is 2.74. The first kappa shape index (κ1) is 24.2. The molecule has 2 aromatic rings. The minimum Gasteiger partial charge on any atom is -0.481 e. The fraction of sp³-hybridized carbons (Fsp3) is 0.458. The van der Waals surface area contributed by atoms with Crippen LogP contribution in [0.2, 0.25) is 0 Å². The van der Waals surface area contributed by atoms with E-state index in [2.05, 4.69) is 31.0 Å². The van der Waals surface area contributed by atoms with Crippen molar-refractivity contribution in [3.05, 3.63) is 54.1 Å². The molecule has 174 valence electrons. The molecule has 2 aromatic carbocycles. The number of piperazine rings is 1. The number of nitrogens with zero attached hydrogens (tertiary/aromatic N) is 2. The zero-order valence-electron chi connectivity index (χ0n) is 19.5. The van der Waals surface area contributed by atoms with E-state index in [1.807, 2.05) is 31.3 Å². The van der Waals surface area contributed by atoms with Crippen molar-refractivity contribution in [3.8, 4) is 5.75 Å². The molecule has 32 heavy (non-hydrogen) atoms. The van der Waals surface area contributed by atoms with E-state index < -0.39 is 16.1 Å². The molecule has 1 fully saturated rings. The number of ether oxygens (including phenoxy) is 1. The summed E-state index contributed by atoms with van der Waals surface area (Å²) >= 11 is 0. The Labute approximate surface area is 191 Å². The Balaban J connectivity index is 1.59. The minimum atomic E-state index is -3.53. The summed E-state index contributed by atoms with van der Waals surface area (Å²) in [5.74, 6) is 0.314. The van der Waals surface area contributed by atoms with Crippen LogP contribution in [-0.4, -0.2) is 62.9 Å². The normalized spacial score (nSPS) is 17.0. The summed E-state index contributed by atoms with van der Waals surface area (Å²) in [6.45, 7) is 10.5. The molecular weight excluding hydrogens is 426 g/mol. The number of hydrogen-bond acceptors (Lipinski definition) is 5. The Hall–Kier alpha value is -2.42. The molecule has 1 amide bonds. The summed E-state index contributed by atoms with van der Waals surface area (Å²) in [4.78, 5) is 14.9. The van der Waals surface area contributed by atoms with Crippen molar-refractivity contribution in [2.45, 2.75) is 44.1 Å². The highest BCUT2D eigenvalue weighted by molar-refractivity contribution is 7.89. The number of likely N-dealkylation sites (N-methyl/N-ethyl adjacent to an activating group) is 1. The van der Waals surface area contributed by atoms with E-state index in [0.29, 0.717) is 37.6 Å². The predicted octanol–water partition coefficient (Wildman–Crippen LogP) is 3.33. The van der Waals surface area contributed by atoms with Crippen molar-refractivity contribution >= 4 is 21.6 Å². The van der Waals surface area contributed by atoms with Crippen molar-refractivity contribution in [1.29, 1.82) is 0 Å². The quantitative estimate of drug-likeness (QED) is 0.717. The molecule has 3 rings (SSSR count). The number of carbonyl (C=O) groups excluding carboxylic acids is 1. The van der Waals surface area contributed by atoms with Gasteiger partial charge < -0.3 is 15.0 Å². The second-order valence-corrected chi connectivity index (χ2v) is 11.2. The van der Waals surface area contributed by atoms with Crippen LogP contribution in [0.3, 0.4) is 0 Å². The molecule has 0 spiro atoms.